The topological polar surface area (TPSA) is 91.4 Å². The summed E-state index contributed by atoms with van der Waals surface area (Å²) in [6, 6.07) is 4.63. The van der Waals surface area contributed by atoms with E-state index in [4.69, 9.17) is 27.9 Å². The molecule has 0 radical (unpaired) electrons. The van der Waals surface area contributed by atoms with E-state index < -0.39 is 24.6 Å². The zero-order valence-corrected chi connectivity index (χ0v) is 15.5. The second-order valence-electron chi connectivity index (χ2n) is 5.59. The number of hydrogen-bond donors (Lipinski definition) is 3. The highest BCUT2D eigenvalue weighted by Crippen LogP contribution is 2.26. The first-order valence-electron chi connectivity index (χ1n) is 7.49. The summed E-state index contributed by atoms with van der Waals surface area (Å²) in [6.45, 7) is 4.59. The lowest BCUT2D eigenvalue weighted by Gasteiger charge is -2.08. The monoisotopic (exact) mass is 384 g/mol. The van der Waals surface area contributed by atoms with Crippen LogP contribution in [0.25, 0.3) is 0 Å². The van der Waals surface area contributed by atoms with Crippen LogP contribution in [0.2, 0.25) is 10.0 Å². The van der Waals surface area contributed by atoms with Gasteiger partial charge >= 0.3 is 5.97 Å². The second kappa shape index (κ2) is 7.91. The number of aromatic amines is 1. The van der Waals surface area contributed by atoms with Gasteiger partial charge in [0.25, 0.3) is 5.91 Å². The van der Waals surface area contributed by atoms with Gasteiger partial charge in [0.05, 0.1) is 16.8 Å². The molecule has 0 aliphatic carbocycles. The number of aliphatic hydroxyl groups is 1. The number of H-pyrrole nitrogens is 1. The molecule has 2 rings (SSSR count). The van der Waals surface area contributed by atoms with Crippen molar-refractivity contribution in [2.24, 2.45) is 0 Å². The summed E-state index contributed by atoms with van der Waals surface area (Å²) in [5, 5.41) is 13.0. The van der Waals surface area contributed by atoms with Crippen LogP contribution in [-0.4, -0.2) is 28.6 Å². The van der Waals surface area contributed by atoms with E-state index in [1.54, 1.807) is 32.9 Å². The predicted molar refractivity (Wildman–Crippen MR) is 96.3 cm³/mol. The summed E-state index contributed by atoms with van der Waals surface area (Å²) >= 11 is 11.8. The minimum Gasteiger partial charge on any atom is -0.451 e. The number of rotatable bonds is 5. The van der Waals surface area contributed by atoms with Crippen molar-refractivity contribution in [3.8, 4) is 0 Å². The van der Waals surface area contributed by atoms with Crippen molar-refractivity contribution in [1.29, 1.82) is 0 Å². The van der Waals surface area contributed by atoms with E-state index in [2.05, 4.69) is 10.3 Å². The molecule has 2 aromatic rings. The molecule has 0 spiro atoms. The van der Waals surface area contributed by atoms with Crippen LogP contribution in [0.15, 0.2) is 18.2 Å². The van der Waals surface area contributed by atoms with Crippen molar-refractivity contribution in [1.82, 2.24) is 4.98 Å². The number of aromatic nitrogens is 1. The first-order valence-corrected chi connectivity index (χ1v) is 8.25. The molecule has 0 fully saturated rings. The maximum absolute atomic E-state index is 12.2. The fourth-order valence-electron chi connectivity index (χ4n) is 2.58. The largest absolute Gasteiger partial charge is 0.451 e. The smallest absolute Gasteiger partial charge is 0.355 e. The Kier molecular flexibility index (Phi) is 6.11. The Morgan fingerprint density at radius 2 is 2.00 bits per heavy atom. The van der Waals surface area contributed by atoms with Gasteiger partial charge in [-0.05, 0) is 44.5 Å². The number of aliphatic hydroxyl groups excluding tert-OH is 1. The summed E-state index contributed by atoms with van der Waals surface area (Å²) in [4.78, 5) is 27.0. The Bertz CT molecular complexity index is 815. The van der Waals surface area contributed by atoms with E-state index in [9.17, 15) is 14.7 Å². The standard InChI is InChI=1S/C17H18Cl2N2O4/c1-8-15(10(3)22)9(2)20-16(8)17(24)25-7-14(23)21-13-5-4-11(18)6-12(13)19/h4-6,10,20,22H,7H2,1-3H3,(H,21,23)/t10-/m1/s1. The molecule has 25 heavy (non-hydrogen) atoms. The molecule has 0 bridgehead atoms. The van der Waals surface area contributed by atoms with Gasteiger partial charge in [-0.25, -0.2) is 4.79 Å². The molecule has 1 heterocycles. The van der Waals surface area contributed by atoms with Crippen molar-refractivity contribution in [3.05, 3.63) is 50.8 Å². The Morgan fingerprint density at radius 1 is 1.32 bits per heavy atom. The van der Waals surface area contributed by atoms with E-state index in [-0.39, 0.29) is 10.7 Å². The molecule has 3 N–H and O–H groups in total. The molecule has 134 valence electrons. The van der Waals surface area contributed by atoms with Crippen molar-refractivity contribution in [2.45, 2.75) is 26.9 Å². The zero-order chi connectivity index (χ0) is 18.7. The van der Waals surface area contributed by atoms with Gasteiger partial charge in [-0.3, -0.25) is 4.79 Å². The number of esters is 1. The summed E-state index contributed by atoms with van der Waals surface area (Å²) in [5.41, 5.74) is 2.50. The van der Waals surface area contributed by atoms with Crippen molar-refractivity contribution in [2.75, 3.05) is 11.9 Å². The van der Waals surface area contributed by atoms with Crippen LogP contribution >= 0.6 is 23.2 Å². The normalized spacial score (nSPS) is 11.9. The van der Waals surface area contributed by atoms with E-state index in [0.717, 1.165) is 0 Å². The van der Waals surface area contributed by atoms with Crippen LogP contribution < -0.4 is 5.32 Å². The van der Waals surface area contributed by atoms with Gasteiger partial charge in [0.15, 0.2) is 6.61 Å². The second-order valence-corrected chi connectivity index (χ2v) is 6.43. The number of benzene rings is 1. The average molecular weight is 385 g/mol. The van der Waals surface area contributed by atoms with Gasteiger partial charge in [-0.2, -0.15) is 0 Å². The van der Waals surface area contributed by atoms with Crippen LogP contribution in [0.3, 0.4) is 0 Å². The lowest BCUT2D eigenvalue weighted by Crippen LogP contribution is -2.21. The average Bonchev–Trinajstić information content (AvgIpc) is 2.82. The number of ether oxygens (including phenoxy) is 1. The highest BCUT2D eigenvalue weighted by Gasteiger charge is 2.21. The third kappa shape index (κ3) is 4.54. The van der Waals surface area contributed by atoms with Gasteiger partial charge in [-0.1, -0.05) is 23.2 Å². The molecule has 0 saturated carbocycles. The van der Waals surface area contributed by atoms with Crippen molar-refractivity contribution < 1.29 is 19.4 Å². The summed E-state index contributed by atoms with van der Waals surface area (Å²) in [7, 11) is 0. The molecule has 8 heteroatoms. The number of carbonyl (C=O) groups excluding carboxylic acids is 2. The van der Waals surface area contributed by atoms with E-state index in [0.29, 0.717) is 27.5 Å². The lowest BCUT2D eigenvalue weighted by atomic mass is 10.1. The number of carbonyl (C=O) groups is 2. The van der Waals surface area contributed by atoms with Gasteiger partial charge in [-0.15, -0.1) is 0 Å². The molecule has 0 saturated heterocycles. The van der Waals surface area contributed by atoms with E-state index in [1.807, 2.05) is 0 Å². The maximum Gasteiger partial charge on any atom is 0.355 e. The SMILES string of the molecule is Cc1[nH]c(C(=O)OCC(=O)Nc2ccc(Cl)cc2Cl)c(C)c1[C@@H](C)O. The fourth-order valence-corrected chi connectivity index (χ4v) is 3.03. The number of nitrogens with one attached hydrogen (secondary N) is 2. The fraction of sp³-hybridized carbons (Fsp3) is 0.294. The van der Waals surface area contributed by atoms with Crippen LogP contribution in [-0.2, 0) is 9.53 Å². The molecule has 0 aliphatic rings. The van der Waals surface area contributed by atoms with Crippen molar-refractivity contribution >= 4 is 40.8 Å². The molecule has 1 atom stereocenters. The summed E-state index contributed by atoms with van der Waals surface area (Å²) in [6.07, 6.45) is -0.715. The Hall–Kier alpha value is -2.02. The number of halogens is 2. The molecule has 0 aliphatic heterocycles. The molecular weight excluding hydrogens is 367 g/mol. The Morgan fingerprint density at radius 3 is 2.56 bits per heavy atom. The van der Waals surface area contributed by atoms with Crippen molar-refractivity contribution in [3.63, 3.8) is 0 Å². The lowest BCUT2D eigenvalue weighted by molar-refractivity contribution is -0.119. The molecular formula is C17H18Cl2N2O4. The number of aryl methyl sites for hydroxylation is 1. The highest BCUT2D eigenvalue weighted by atomic mass is 35.5. The third-order valence-corrected chi connectivity index (χ3v) is 4.20. The predicted octanol–water partition coefficient (Wildman–Crippen LogP) is 3.79. The summed E-state index contributed by atoms with van der Waals surface area (Å²) < 4.78 is 5.02. The quantitative estimate of drug-likeness (QED) is 0.683. The van der Waals surface area contributed by atoms with Gasteiger partial charge < -0.3 is 20.1 Å². The molecule has 6 nitrogen and oxygen atoms in total. The number of amides is 1. The van der Waals surface area contributed by atoms with Gasteiger partial charge in [0, 0.05) is 16.3 Å². The maximum atomic E-state index is 12.2. The zero-order valence-electron chi connectivity index (χ0n) is 13.9. The van der Waals surface area contributed by atoms with Gasteiger partial charge in [0.1, 0.15) is 5.69 Å². The molecule has 1 aromatic heterocycles. The van der Waals surface area contributed by atoms with E-state index >= 15 is 0 Å². The van der Waals surface area contributed by atoms with Crippen LogP contribution in [0.5, 0.6) is 0 Å². The Balaban J connectivity index is 2.00. The van der Waals surface area contributed by atoms with Gasteiger partial charge in [0.2, 0.25) is 0 Å². The van der Waals surface area contributed by atoms with Crippen LogP contribution in [0.1, 0.15) is 40.3 Å². The first kappa shape index (κ1) is 19.3. The minimum atomic E-state index is -0.715. The molecule has 1 amide bonds. The highest BCUT2D eigenvalue weighted by molar-refractivity contribution is 6.36. The minimum absolute atomic E-state index is 0.214. The Labute approximate surface area is 155 Å². The van der Waals surface area contributed by atoms with E-state index in [1.165, 1.54) is 6.07 Å². The van der Waals surface area contributed by atoms with Crippen LogP contribution in [0, 0.1) is 13.8 Å². The summed E-state index contributed by atoms with van der Waals surface area (Å²) in [5.74, 6) is -1.21. The third-order valence-electron chi connectivity index (χ3n) is 3.66. The first-order chi connectivity index (χ1) is 11.7. The number of anilines is 1. The number of hydrogen-bond acceptors (Lipinski definition) is 4. The van der Waals surface area contributed by atoms with Crippen LogP contribution in [0.4, 0.5) is 5.69 Å². The molecule has 0 unspecified atom stereocenters. The molecule has 1 aromatic carbocycles.